The Morgan fingerprint density at radius 3 is 2.20 bits per heavy atom. The van der Waals surface area contributed by atoms with E-state index in [1.54, 1.807) is 0 Å². The number of nitrogens with zero attached hydrogens (tertiary/aromatic N) is 4. The van der Waals surface area contributed by atoms with Crippen LogP contribution in [-0.2, 0) is 41.6 Å². The van der Waals surface area contributed by atoms with Gasteiger partial charge >= 0.3 is 12.2 Å². The summed E-state index contributed by atoms with van der Waals surface area (Å²) in [6, 6.07) is 13.0. The van der Waals surface area contributed by atoms with E-state index in [0.29, 0.717) is 58.1 Å². The van der Waals surface area contributed by atoms with E-state index < -0.39 is 24.3 Å². The van der Waals surface area contributed by atoms with Gasteiger partial charge in [-0.1, -0.05) is 18.2 Å². The first kappa shape index (κ1) is 43.9. The minimum Gasteiger partial charge on any atom is -0.488 e. The summed E-state index contributed by atoms with van der Waals surface area (Å²) in [5.74, 6) is 1.11. The van der Waals surface area contributed by atoms with Crippen LogP contribution >= 0.6 is 0 Å². The van der Waals surface area contributed by atoms with Crippen LogP contribution in [-0.4, -0.2) is 120 Å². The molecule has 6 aliphatic rings. The SMILES string of the molecule is COC(=O)N[C@H](C(=O)N1[C@@H](C)CC[C@H]1C1=Nc2ccc3cc4c(cc3c2C1)OCc1cc(-c2cnc([C@@H]3CC[C@H](C)N3C(=O)[C@@H](NC(=O)OC)C3CCOCC3)[nH]2)ccc1-4)C1CCCOC1. The van der Waals surface area contributed by atoms with Gasteiger partial charge in [0, 0.05) is 55.5 Å². The average molecular weight is 902 g/mol. The number of benzene rings is 3. The number of carbonyl (C=O) groups is 4. The first-order chi connectivity index (χ1) is 32.1. The molecule has 16 heteroatoms. The van der Waals surface area contributed by atoms with E-state index >= 15 is 0 Å². The molecule has 10 rings (SSSR count). The van der Waals surface area contributed by atoms with Gasteiger partial charge in [0.05, 0.1) is 50.5 Å². The third-order valence-electron chi connectivity index (χ3n) is 14.9. The summed E-state index contributed by atoms with van der Waals surface area (Å²) in [5, 5.41) is 7.86. The highest BCUT2D eigenvalue weighted by atomic mass is 16.5. The number of aromatic nitrogens is 2. The van der Waals surface area contributed by atoms with Crippen molar-refractivity contribution in [2.24, 2.45) is 16.8 Å². The lowest BCUT2D eigenvalue weighted by Crippen LogP contribution is -2.57. The lowest BCUT2D eigenvalue weighted by Gasteiger charge is -2.36. The van der Waals surface area contributed by atoms with Gasteiger partial charge in [-0.15, -0.1) is 0 Å². The lowest BCUT2D eigenvalue weighted by atomic mass is 9.90. The van der Waals surface area contributed by atoms with Crippen molar-refractivity contribution in [3.63, 3.8) is 0 Å². The molecule has 7 atom stereocenters. The number of hydrogen-bond donors (Lipinski definition) is 3. The van der Waals surface area contributed by atoms with Gasteiger partial charge in [0.2, 0.25) is 11.8 Å². The number of rotatable bonds is 9. The molecule has 0 radical (unpaired) electrons. The second kappa shape index (κ2) is 18.4. The minimum absolute atomic E-state index is 0.0101. The highest BCUT2D eigenvalue weighted by molar-refractivity contribution is 6.06. The topological polar surface area (TPSA) is 186 Å². The Kier molecular flexibility index (Phi) is 12.2. The van der Waals surface area contributed by atoms with Gasteiger partial charge in [-0.05, 0) is 128 Å². The number of H-pyrrole nitrogens is 1. The average Bonchev–Trinajstić information content (AvgIpc) is 4.18. The fourth-order valence-electron chi connectivity index (χ4n) is 11.4. The standard InChI is InChI=1S/C50H59N7O9/c1-27-7-13-41(56(27)48(59)45(55-50(61)63-4)32-6-5-17-65-25-32)39-22-36-35-23-43-37(21-30(35)10-12-38(36)52-39)34-11-9-31(20-33(34)26-66-43)40-24-51-46(53-40)42-14-8-28(2)57(42)47(58)44(54-49(60)62-3)29-15-18-64-19-16-29/h9-12,20-21,23-24,27-29,32,41-42,44-45H,5-8,13-19,22,25-26H2,1-4H3,(H,51,53)(H,54,60)(H,55,61)/t27-,28-,32?,41-,42-,44-,45-/m0/s1. The van der Waals surface area contributed by atoms with Crippen LogP contribution < -0.4 is 15.4 Å². The van der Waals surface area contributed by atoms with E-state index in [1.807, 2.05) is 16.0 Å². The van der Waals surface area contributed by atoms with E-state index in [2.05, 4.69) is 71.9 Å². The molecule has 0 aliphatic carbocycles. The Morgan fingerprint density at radius 2 is 1.48 bits per heavy atom. The van der Waals surface area contributed by atoms with Crippen molar-refractivity contribution in [3.05, 3.63) is 65.6 Å². The minimum atomic E-state index is -0.741. The van der Waals surface area contributed by atoms with Crippen molar-refractivity contribution in [1.29, 1.82) is 0 Å². The molecule has 348 valence electrons. The molecule has 4 amide bonds. The number of alkyl carbamates (subject to hydrolysis) is 2. The molecule has 4 fully saturated rings. The molecule has 6 aliphatic heterocycles. The van der Waals surface area contributed by atoms with Crippen molar-refractivity contribution in [3.8, 4) is 28.1 Å². The van der Waals surface area contributed by atoms with Crippen LogP contribution in [0.25, 0.3) is 33.2 Å². The molecule has 66 heavy (non-hydrogen) atoms. The summed E-state index contributed by atoms with van der Waals surface area (Å²) in [6.07, 6.45) is 7.41. The summed E-state index contributed by atoms with van der Waals surface area (Å²) < 4.78 is 27.7. The lowest BCUT2D eigenvalue weighted by molar-refractivity contribution is -0.139. The van der Waals surface area contributed by atoms with Crippen LogP contribution in [0.4, 0.5) is 15.3 Å². The molecule has 0 saturated carbocycles. The van der Waals surface area contributed by atoms with Crippen LogP contribution in [0.2, 0.25) is 0 Å². The van der Waals surface area contributed by atoms with E-state index in [4.69, 9.17) is 33.7 Å². The number of hydrogen-bond acceptors (Lipinski definition) is 11. The van der Waals surface area contributed by atoms with E-state index in [0.717, 1.165) is 100.0 Å². The quantitative estimate of drug-likeness (QED) is 0.156. The van der Waals surface area contributed by atoms with Crippen LogP contribution in [0.5, 0.6) is 5.75 Å². The number of ether oxygens (including phenoxy) is 5. The molecule has 0 bridgehead atoms. The summed E-state index contributed by atoms with van der Waals surface area (Å²) >= 11 is 0. The second-order valence-corrected chi connectivity index (χ2v) is 18.8. The molecular formula is C50H59N7O9. The largest absolute Gasteiger partial charge is 0.488 e. The van der Waals surface area contributed by atoms with Gasteiger partial charge in [-0.3, -0.25) is 14.6 Å². The number of imidazole rings is 1. The fraction of sp³-hybridized carbons (Fsp3) is 0.520. The maximum atomic E-state index is 14.4. The van der Waals surface area contributed by atoms with Crippen molar-refractivity contribution in [2.45, 2.75) is 114 Å². The van der Waals surface area contributed by atoms with E-state index in [9.17, 15) is 19.2 Å². The van der Waals surface area contributed by atoms with Crippen molar-refractivity contribution in [2.75, 3.05) is 40.6 Å². The zero-order chi connectivity index (χ0) is 45.6. The van der Waals surface area contributed by atoms with Crippen LogP contribution in [0.15, 0.2) is 53.7 Å². The number of aliphatic imine (C=N–C) groups is 1. The smallest absolute Gasteiger partial charge is 0.407 e. The third kappa shape index (κ3) is 8.16. The molecule has 4 aromatic rings. The molecular weight excluding hydrogens is 843 g/mol. The Morgan fingerprint density at radius 1 is 0.773 bits per heavy atom. The normalized spacial score (nSPS) is 24.7. The second-order valence-electron chi connectivity index (χ2n) is 18.8. The van der Waals surface area contributed by atoms with Crippen molar-refractivity contribution >= 4 is 46.2 Å². The van der Waals surface area contributed by atoms with Gasteiger partial charge in [0.15, 0.2) is 0 Å². The summed E-state index contributed by atoms with van der Waals surface area (Å²) in [4.78, 5) is 71.0. The molecule has 1 aromatic heterocycles. The summed E-state index contributed by atoms with van der Waals surface area (Å²) in [5.41, 5.74) is 7.98. The predicted molar refractivity (Wildman–Crippen MR) is 245 cm³/mol. The monoisotopic (exact) mass is 901 g/mol. The number of nitrogens with one attached hydrogen (secondary N) is 3. The van der Waals surface area contributed by atoms with Crippen LogP contribution in [0, 0.1) is 11.8 Å². The fourth-order valence-corrected chi connectivity index (χ4v) is 11.4. The molecule has 7 heterocycles. The number of methoxy groups -OCH3 is 2. The number of aromatic amines is 1. The highest BCUT2D eigenvalue weighted by Crippen LogP contribution is 2.45. The van der Waals surface area contributed by atoms with Crippen molar-refractivity contribution < 1.29 is 42.9 Å². The molecule has 1 unspecified atom stereocenters. The Bertz CT molecular complexity index is 2560. The van der Waals surface area contributed by atoms with E-state index in [-0.39, 0.29) is 47.8 Å². The molecule has 16 nitrogen and oxygen atoms in total. The van der Waals surface area contributed by atoms with Gasteiger partial charge in [-0.25, -0.2) is 14.6 Å². The summed E-state index contributed by atoms with van der Waals surface area (Å²) in [7, 11) is 2.63. The molecule has 3 N–H and O–H groups in total. The van der Waals surface area contributed by atoms with Gasteiger partial charge in [0.1, 0.15) is 30.3 Å². The van der Waals surface area contributed by atoms with Crippen LogP contribution in [0.3, 0.4) is 0 Å². The first-order valence-corrected chi connectivity index (χ1v) is 23.6. The zero-order valence-electron chi connectivity index (χ0n) is 38.1. The van der Waals surface area contributed by atoms with Gasteiger partial charge in [0.25, 0.3) is 0 Å². The van der Waals surface area contributed by atoms with Gasteiger partial charge < -0.3 is 49.1 Å². The molecule has 0 spiro atoms. The predicted octanol–water partition coefficient (Wildman–Crippen LogP) is 7.15. The third-order valence-corrected chi connectivity index (χ3v) is 14.9. The Hall–Kier alpha value is -6.00. The van der Waals surface area contributed by atoms with Crippen LogP contribution in [0.1, 0.15) is 88.2 Å². The van der Waals surface area contributed by atoms with E-state index in [1.165, 1.54) is 14.2 Å². The maximum Gasteiger partial charge on any atom is 0.407 e. The Labute approximate surface area is 384 Å². The highest BCUT2D eigenvalue weighted by Gasteiger charge is 2.45. The Balaban J connectivity index is 0.866. The molecule has 3 aromatic carbocycles. The number of likely N-dealkylation sites (tertiary alicyclic amines) is 2. The number of amides is 4. The number of fused-ring (bicyclic) bond motifs is 6. The van der Waals surface area contributed by atoms with Crippen molar-refractivity contribution in [1.82, 2.24) is 30.4 Å². The molecule has 4 saturated heterocycles. The number of carbonyl (C=O) groups excluding carboxylic acids is 4. The van der Waals surface area contributed by atoms with Gasteiger partial charge in [-0.2, -0.15) is 0 Å². The zero-order valence-corrected chi connectivity index (χ0v) is 38.1. The first-order valence-electron chi connectivity index (χ1n) is 23.6. The summed E-state index contributed by atoms with van der Waals surface area (Å²) in [6.45, 7) is 6.69. The maximum absolute atomic E-state index is 14.4.